The molecule has 7 heteroatoms. The van der Waals surface area contributed by atoms with Crippen molar-refractivity contribution in [3.63, 3.8) is 0 Å². The minimum absolute atomic E-state index is 0.000457. The summed E-state index contributed by atoms with van der Waals surface area (Å²) >= 11 is 5.45. The molecule has 2 N–H and O–H groups in total. The molecule has 0 spiro atoms. The largest absolute Gasteiger partial charge is 0.486 e. The van der Waals surface area contributed by atoms with Crippen molar-refractivity contribution in [3.05, 3.63) is 18.2 Å². The summed E-state index contributed by atoms with van der Waals surface area (Å²) in [6.07, 6.45) is 1.36. The van der Waals surface area contributed by atoms with Crippen LogP contribution in [0, 0.1) is 0 Å². The number of nitrogens with one attached hydrogen (secondary N) is 2. The van der Waals surface area contributed by atoms with Crippen LogP contribution in [0.4, 0.5) is 5.69 Å². The van der Waals surface area contributed by atoms with E-state index in [0.717, 1.165) is 11.5 Å². The number of carbonyl (C=O) groups excluding carboxylic acids is 1. The molecule has 6 nitrogen and oxygen atoms in total. The van der Waals surface area contributed by atoms with Crippen molar-refractivity contribution in [2.75, 3.05) is 25.1 Å². The van der Waals surface area contributed by atoms with Gasteiger partial charge in [-0.3, -0.25) is 4.79 Å². The molecule has 2 aliphatic heterocycles. The predicted octanol–water partition coefficient (Wildman–Crippen LogP) is 2.53. The first-order valence-electron chi connectivity index (χ1n) is 8.62. The highest BCUT2D eigenvalue weighted by atomic mass is 32.1. The van der Waals surface area contributed by atoms with E-state index in [1.54, 1.807) is 6.07 Å². The summed E-state index contributed by atoms with van der Waals surface area (Å²) in [5, 5.41) is 6.97. The third kappa shape index (κ3) is 4.34. The Balaban J connectivity index is 1.54. The first-order valence-corrected chi connectivity index (χ1v) is 9.03. The molecule has 3 rings (SSSR count). The van der Waals surface area contributed by atoms with Gasteiger partial charge in [0.15, 0.2) is 16.6 Å². The van der Waals surface area contributed by atoms with Crippen molar-refractivity contribution in [3.8, 4) is 11.5 Å². The van der Waals surface area contributed by atoms with Gasteiger partial charge in [-0.1, -0.05) is 0 Å². The number of benzene rings is 1. The lowest BCUT2D eigenvalue weighted by Crippen LogP contribution is -2.60. The molecular weight excluding hydrogens is 338 g/mol. The van der Waals surface area contributed by atoms with Crippen LogP contribution in [0.2, 0.25) is 0 Å². The number of amides is 1. The quantitative estimate of drug-likeness (QED) is 0.802. The first-order chi connectivity index (χ1) is 11.8. The molecule has 1 atom stereocenters. The summed E-state index contributed by atoms with van der Waals surface area (Å²) in [6.45, 7) is 8.10. The smallest absolute Gasteiger partial charge is 0.226 e. The van der Waals surface area contributed by atoms with Crippen LogP contribution in [0.25, 0.3) is 0 Å². The fourth-order valence-electron chi connectivity index (χ4n) is 3.35. The van der Waals surface area contributed by atoms with Gasteiger partial charge >= 0.3 is 0 Å². The minimum atomic E-state index is -0.0449. The minimum Gasteiger partial charge on any atom is -0.486 e. The lowest BCUT2D eigenvalue weighted by molar-refractivity contribution is -0.116. The second-order valence-electron chi connectivity index (χ2n) is 7.22. The Hall–Kier alpha value is -2.02. The Morgan fingerprint density at radius 1 is 1.36 bits per heavy atom. The second-order valence-corrected chi connectivity index (χ2v) is 7.60. The van der Waals surface area contributed by atoms with Crippen molar-refractivity contribution in [2.24, 2.45) is 0 Å². The Bertz CT molecular complexity index is 678. The lowest BCUT2D eigenvalue weighted by atomic mass is 9.93. The fourth-order valence-corrected chi connectivity index (χ4v) is 3.90. The van der Waals surface area contributed by atoms with Gasteiger partial charge in [-0.05, 0) is 51.5 Å². The monoisotopic (exact) mass is 363 g/mol. The molecule has 1 fully saturated rings. The fraction of sp³-hybridized carbons (Fsp3) is 0.556. The van der Waals surface area contributed by atoms with Gasteiger partial charge in [0.2, 0.25) is 5.91 Å². The molecule has 136 valence electrons. The number of anilines is 1. The van der Waals surface area contributed by atoms with Crippen molar-refractivity contribution in [2.45, 2.75) is 45.2 Å². The first kappa shape index (κ1) is 17.8. The molecular formula is C18H25N3O3S. The molecule has 0 unspecified atom stereocenters. The summed E-state index contributed by atoms with van der Waals surface area (Å²) in [5.74, 6) is 1.34. The van der Waals surface area contributed by atoms with Gasteiger partial charge in [-0.2, -0.15) is 0 Å². The van der Waals surface area contributed by atoms with E-state index >= 15 is 0 Å². The molecule has 1 aromatic rings. The van der Waals surface area contributed by atoms with E-state index in [4.69, 9.17) is 21.7 Å². The molecule has 0 bridgehead atoms. The molecule has 2 aliphatic rings. The maximum Gasteiger partial charge on any atom is 0.226 e. The molecule has 1 amide bonds. The molecule has 0 radical (unpaired) electrons. The van der Waals surface area contributed by atoms with E-state index in [0.29, 0.717) is 49.4 Å². The van der Waals surface area contributed by atoms with Gasteiger partial charge in [0.25, 0.3) is 0 Å². The summed E-state index contributed by atoms with van der Waals surface area (Å²) in [7, 11) is 0. The third-order valence-corrected chi connectivity index (χ3v) is 4.79. The number of ether oxygens (including phenoxy) is 2. The molecule has 0 aliphatic carbocycles. The van der Waals surface area contributed by atoms with E-state index in [2.05, 4.69) is 36.3 Å². The average Bonchev–Trinajstić information content (AvgIpc) is 2.52. The van der Waals surface area contributed by atoms with Gasteiger partial charge in [0.1, 0.15) is 13.2 Å². The molecule has 25 heavy (non-hydrogen) atoms. The number of hydrogen-bond donors (Lipinski definition) is 2. The van der Waals surface area contributed by atoms with Crippen molar-refractivity contribution >= 4 is 28.9 Å². The lowest BCUT2D eigenvalue weighted by Gasteiger charge is -2.44. The number of carbonyl (C=O) groups is 1. The van der Waals surface area contributed by atoms with E-state index in [-0.39, 0.29) is 11.4 Å². The topological polar surface area (TPSA) is 62.8 Å². The summed E-state index contributed by atoms with van der Waals surface area (Å²) in [4.78, 5) is 14.4. The normalized spacial score (nSPS) is 21.5. The van der Waals surface area contributed by atoms with Crippen molar-refractivity contribution < 1.29 is 14.3 Å². The van der Waals surface area contributed by atoms with Crippen LogP contribution in [0.15, 0.2) is 18.2 Å². The van der Waals surface area contributed by atoms with Crippen LogP contribution in [0.5, 0.6) is 11.5 Å². The number of nitrogens with zero attached hydrogens (tertiary/aromatic N) is 1. The number of thiocarbonyl (C=S) groups is 1. The van der Waals surface area contributed by atoms with Gasteiger partial charge in [0, 0.05) is 36.3 Å². The maximum atomic E-state index is 12.3. The highest BCUT2D eigenvalue weighted by Gasteiger charge is 2.33. The van der Waals surface area contributed by atoms with Gasteiger partial charge in [0.05, 0.1) is 0 Å². The Kier molecular flexibility index (Phi) is 5.03. The van der Waals surface area contributed by atoms with Crippen LogP contribution < -0.4 is 20.1 Å². The number of fused-ring (bicyclic) bond motifs is 1. The Labute approximate surface area is 153 Å². The molecule has 2 heterocycles. The van der Waals surface area contributed by atoms with Gasteiger partial charge in [-0.25, -0.2) is 0 Å². The second kappa shape index (κ2) is 7.07. The zero-order valence-corrected chi connectivity index (χ0v) is 15.7. The SMILES string of the molecule is C[C@@H]1CC(C)(C)NC(=S)N1CCC(=O)Nc1ccc2c(c1)OCCO2. The third-order valence-electron chi connectivity index (χ3n) is 4.45. The van der Waals surface area contributed by atoms with E-state index in [1.807, 2.05) is 12.1 Å². The maximum absolute atomic E-state index is 12.3. The summed E-state index contributed by atoms with van der Waals surface area (Å²) < 4.78 is 11.0. The van der Waals surface area contributed by atoms with Crippen LogP contribution in [-0.2, 0) is 4.79 Å². The standard InChI is InChI=1S/C18H25N3O3S/c1-12-11-18(2,3)20-17(25)21(12)7-6-16(22)19-13-4-5-14-15(10-13)24-9-8-23-14/h4-5,10,12H,6-9,11H2,1-3H3,(H,19,22)(H,20,25)/t12-/m1/s1. The van der Waals surface area contributed by atoms with Crippen LogP contribution >= 0.6 is 12.2 Å². The molecule has 1 aromatic carbocycles. The van der Waals surface area contributed by atoms with Crippen molar-refractivity contribution in [1.82, 2.24) is 10.2 Å². The van der Waals surface area contributed by atoms with Crippen molar-refractivity contribution in [1.29, 1.82) is 0 Å². The number of hydrogen-bond acceptors (Lipinski definition) is 4. The average molecular weight is 363 g/mol. The predicted molar refractivity (Wildman–Crippen MR) is 101 cm³/mol. The number of rotatable bonds is 4. The van der Waals surface area contributed by atoms with Crippen LogP contribution in [0.1, 0.15) is 33.6 Å². The molecule has 1 saturated heterocycles. The van der Waals surface area contributed by atoms with E-state index in [9.17, 15) is 4.79 Å². The highest BCUT2D eigenvalue weighted by molar-refractivity contribution is 7.80. The van der Waals surface area contributed by atoms with Crippen LogP contribution in [-0.4, -0.2) is 47.3 Å². The van der Waals surface area contributed by atoms with E-state index < -0.39 is 0 Å². The summed E-state index contributed by atoms with van der Waals surface area (Å²) in [5.41, 5.74) is 0.711. The van der Waals surface area contributed by atoms with Gasteiger partial charge in [-0.15, -0.1) is 0 Å². The Morgan fingerprint density at radius 3 is 2.80 bits per heavy atom. The molecule has 0 saturated carbocycles. The van der Waals surface area contributed by atoms with Gasteiger partial charge < -0.3 is 25.0 Å². The van der Waals surface area contributed by atoms with E-state index in [1.165, 1.54) is 0 Å². The summed E-state index contributed by atoms with van der Waals surface area (Å²) in [6, 6.07) is 5.75. The zero-order valence-electron chi connectivity index (χ0n) is 14.9. The van der Waals surface area contributed by atoms with Crippen LogP contribution in [0.3, 0.4) is 0 Å². The highest BCUT2D eigenvalue weighted by Crippen LogP contribution is 2.32. The Morgan fingerprint density at radius 2 is 2.08 bits per heavy atom. The molecule has 0 aromatic heterocycles. The zero-order chi connectivity index (χ0) is 18.0.